The Morgan fingerprint density at radius 1 is 0.771 bits per heavy atom. The van der Waals surface area contributed by atoms with Crippen LogP contribution in [0.5, 0.6) is 5.75 Å². The number of rotatable bonds is 6. The standard InChI is InChI=1S/C33H43FO/c1-3-35-31-19-16-27(17-20-31)25-10-8-24(9-11-25)26-12-14-29(15-13-26)32-21-18-30(22-33(32)34)28-6-4-23(2)5-7-28/h14,16-26,28H,3-13,15H2,1-2H3. The second kappa shape index (κ2) is 11.3. The number of halogens is 1. The molecule has 1 atom stereocenters. The van der Waals surface area contributed by atoms with Gasteiger partial charge in [0.25, 0.3) is 0 Å². The van der Waals surface area contributed by atoms with E-state index < -0.39 is 0 Å². The van der Waals surface area contributed by atoms with Crippen LogP contribution in [0.2, 0.25) is 0 Å². The Morgan fingerprint density at radius 2 is 1.43 bits per heavy atom. The molecule has 2 aromatic carbocycles. The fourth-order valence-corrected chi connectivity index (χ4v) is 7.09. The van der Waals surface area contributed by atoms with Crippen molar-refractivity contribution in [1.29, 1.82) is 0 Å². The van der Waals surface area contributed by atoms with Crippen LogP contribution in [0, 0.1) is 23.6 Å². The molecule has 0 bridgehead atoms. The third-order valence-electron chi connectivity index (χ3n) is 9.38. The molecule has 0 saturated heterocycles. The molecule has 1 unspecified atom stereocenters. The number of hydrogen-bond donors (Lipinski definition) is 0. The number of allylic oxidation sites excluding steroid dienone is 2. The van der Waals surface area contributed by atoms with Crippen molar-refractivity contribution in [3.63, 3.8) is 0 Å². The molecule has 0 aliphatic heterocycles. The Kier molecular flexibility index (Phi) is 7.95. The Balaban J connectivity index is 1.15. The van der Waals surface area contributed by atoms with Crippen molar-refractivity contribution in [1.82, 2.24) is 0 Å². The average molecular weight is 475 g/mol. The summed E-state index contributed by atoms with van der Waals surface area (Å²) in [5, 5.41) is 0. The highest BCUT2D eigenvalue weighted by Gasteiger charge is 2.30. The summed E-state index contributed by atoms with van der Waals surface area (Å²) in [7, 11) is 0. The van der Waals surface area contributed by atoms with Gasteiger partial charge in [0, 0.05) is 5.56 Å². The second-order valence-corrected chi connectivity index (χ2v) is 11.6. The van der Waals surface area contributed by atoms with Gasteiger partial charge in [0.15, 0.2) is 0 Å². The topological polar surface area (TPSA) is 9.23 Å². The van der Waals surface area contributed by atoms with Crippen LogP contribution in [0.1, 0.15) is 113 Å². The van der Waals surface area contributed by atoms with Crippen molar-refractivity contribution < 1.29 is 9.13 Å². The molecule has 1 nitrogen and oxygen atoms in total. The van der Waals surface area contributed by atoms with Crippen molar-refractivity contribution in [3.8, 4) is 5.75 Å². The van der Waals surface area contributed by atoms with Crippen molar-refractivity contribution in [2.75, 3.05) is 6.61 Å². The molecule has 188 valence electrons. The summed E-state index contributed by atoms with van der Waals surface area (Å²) in [6.45, 7) is 5.10. The van der Waals surface area contributed by atoms with Gasteiger partial charge in [-0.15, -0.1) is 0 Å². The van der Waals surface area contributed by atoms with E-state index >= 15 is 4.39 Å². The zero-order valence-electron chi connectivity index (χ0n) is 21.8. The highest BCUT2D eigenvalue weighted by atomic mass is 19.1. The lowest BCUT2D eigenvalue weighted by molar-refractivity contribution is 0.220. The lowest BCUT2D eigenvalue weighted by atomic mass is 9.70. The van der Waals surface area contributed by atoms with Crippen LogP contribution >= 0.6 is 0 Å². The van der Waals surface area contributed by atoms with Gasteiger partial charge in [0.2, 0.25) is 0 Å². The zero-order valence-corrected chi connectivity index (χ0v) is 21.8. The third-order valence-corrected chi connectivity index (χ3v) is 9.38. The lowest BCUT2D eigenvalue weighted by Crippen LogP contribution is -2.22. The van der Waals surface area contributed by atoms with Crippen LogP contribution in [0.3, 0.4) is 0 Å². The minimum absolute atomic E-state index is 0.00156. The maximum Gasteiger partial charge on any atom is 0.130 e. The Bertz CT molecular complexity index is 990. The van der Waals surface area contributed by atoms with Crippen molar-refractivity contribution in [2.45, 2.75) is 96.3 Å². The first-order valence-corrected chi connectivity index (χ1v) is 14.3. The van der Waals surface area contributed by atoms with E-state index in [9.17, 15) is 0 Å². The minimum atomic E-state index is 0.00156. The summed E-state index contributed by atoms with van der Waals surface area (Å²) in [5.74, 6) is 4.65. The lowest BCUT2D eigenvalue weighted by Gasteiger charge is -2.36. The van der Waals surface area contributed by atoms with Gasteiger partial charge in [-0.2, -0.15) is 0 Å². The van der Waals surface area contributed by atoms with Gasteiger partial charge in [0.1, 0.15) is 11.6 Å². The summed E-state index contributed by atoms with van der Waals surface area (Å²) < 4.78 is 20.7. The molecular formula is C33H43FO. The molecule has 35 heavy (non-hydrogen) atoms. The van der Waals surface area contributed by atoms with Crippen molar-refractivity contribution in [3.05, 3.63) is 71.0 Å². The first-order valence-electron chi connectivity index (χ1n) is 14.3. The van der Waals surface area contributed by atoms with Crippen LogP contribution in [-0.2, 0) is 0 Å². The number of ether oxygens (including phenoxy) is 1. The quantitative estimate of drug-likeness (QED) is 0.405. The summed E-state index contributed by atoms with van der Waals surface area (Å²) in [5.41, 5.74) is 4.79. The molecular weight excluding hydrogens is 431 g/mol. The average Bonchev–Trinajstić information content (AvgIpc) is 2.90. The molecule has 0 aromatic heterocycles. The third kappa shape index (κ3) is 5.84. The van der Waals surface area contributed by atoms with Crippen LogP contribution < -0.4 is 4.74 Å². The van der Waals surface area contributed by atoms with E-state index in [0.717, 1.165) is 48.5 Å². The van der Waals surface area contributed by atoms with E-state index in [1.807, 2.05) is 13.0 Å². The second-order valence-electron chi connectivity index (χ2n) is 11.6. The van der Waals surface area contributed by atoms with E-state index in [4.69, 9.17) is 4.74 Å². The van der Waals surface area contributed by atoms with Crippen LogP contribution in [0.4, 0.5) is 4.39 Å². The van der Waals surface area contributed by atoms with Gasteiger partial charge in [-0.1, -0.05) is 50.1 Å². The molecule has 2 fully saturated rings. The summed E-state index contributed by atoms with van der Waals surface area (Å²) in [4.78, 5) is 0. The first-order chi connectivity index (χ1) is 17.1. The normalized spacial score (nSPS) is 29.5. The highest BCUT2D eigenvalue weighted by Crippen LogP contribution is 2.44. The molecule has 2 saturated carbocycles. The summed E-state index contributed by atoms with van der Waals surface area (Å²) >= 11 is 0. The molecule has 2 heteroatoms. The van der Waals surface area contributed by atoms with E-state index in [2.05, 4.69) is 49.4 Å². The van der Waals surface area contributed by atoms with Crippen molar-refractivity contribution in [2.24, 2.45) is 17.8 Å². The Hall–Kier alpha value is -2.09. The zero-order chi connectivity index (χ0) is 24.2. The van der Waals surface area contributed by atoms with Crippen molar-refractivity contribution >= 4 is 5.57 Å². The van der Waals surface area contributed by atoms with E-state index in [1.54, 1.807) is 0 Å². The predicted octanol–water partition coefficient (Wildman–Crippen LogP) is 9.68. The maximum atomic E-state index is 15.1. The first kappa shape index (κ1) is 24.6. The fourth-order valence-electron chi connectivity index (χ4n) is 7.09. The number of benzene rings is 2. The Morgan fingerprint density at radius 3 is 2.06 bits per heavy atom. The smallest absolute Gasteiger partial charge is 0.130 e. The minimum Gasteiger partial charge on any atom is -0.494 e. The van der Waals surface area contributed by atoms with Crippen LogP contribution in [-0.4, -0.2) is 6.61 Å². The summed E-state index contributed by atoms with van der Waals surface area (Å²) in [6, 6.07) is 14.9. The van der Waals surface area contributed by atoms with Gasteiger partial charge >= 0.3 is 0 Å². The monoisotopic (exact) mass is 474 g/mol. The van der Waals surface area contributed by atoms with Gasteiger partial charge in [-0.25, -0.2) is 4.39 Å². The van der Waals surface area contributed by atoms with Gasteiger partial charge < -0.3 is 4.74 Å². The molecule has 3 aliphatic rings. The molecule has 5 rings (SSSR count). The van der Waals surface area contributed by atoms with Crippen LogP contribution in [0.25, 0.3) is 5.57 Å². The molecule has 0 amide bonds. The number of hydrogen-bond acceptors (Lipinski definition) is 1. The molecule has 0 N–H and O–H groups in total. The summed E-state index contributed by atoms with van der Waals surface area (Å²) in [6.07, 6.45) is 16.0. The van der Waals surface area contributed by atoms with E-state index in [-0.39, 0.29) is 5.82 Å². The van der Waals surface area contributed by atoms with E-state index in [1.165, 1.54) is 74.5 Å². The Labute approximate surface area is 212 Å². The van der Waals surface area contributed by atoms with Gasteiger partial charge in [-0.3, -0.25) is 0 Å². The maximum absolute atomic E-state index is 15.1. The highest BCUT2D eigenvalue weighted by molar-refractivity contribution is 5.67. The molecule has 0 heterocycles. The predicted molar refractivity (Wildman–Crippen MR) is 144 cm³/mol. The molecule has 2 aromatic rings. The van der Waals surface area contributed by atoms with Crippen LogP contribution in [0.15, 0.2) is 48.5 Å². The molecule has 0 radical (unpaired) electrons. The van der Waals surface area contributed by atoms with Gasteiger partial charge in [0.05, 0.1) is 6.61 Å². The largest absolute Gasteiger partial charge is 0.494 e. The van der Waals surface area contributed by atoms with E-state index in [0.29, 0.717) is 11.8 Å². The fraction of sp³-hybridized carbons (Fsp3) is 0.576. The molecule has 3 aliphatic carbocycles. The van der Waals surface area contributed by atoms with Gasteiger partial charge in [-0.05, 0) is 129 Å². The molecule has 0 spiro atoms. The SMILES string of the molecule is CCOc1ccc(C2CCC(C3CC=C(c4ccc(C5CCC(C)CC5)cc4F)CC3)CC2)cc1.